The summed E-state index contributed by atoms with van der Waals surface area (Å²) in [6.07, 6.45) is 5.14. The van der Waals surface area contributed by atoms with Crippen LogP contribution in [-0.2, 0) is 4.74 Å². The topological polar surface area (TPSA) is 18.5 Å². The molecule has 1 aromatic rings. The van der Waals surface area contributed by atoms with E-state index in [-0.39, 0.29) is 12.5 Å². The van der Waals surface area contributed by atoms with Gasteiger partial charge in [0.1, 0.15) is 0 Å². The Morgan fingerprint density at radius 2 is 2.31 bits per heavy atom. The van der Waals surface area contributed by atoms with Gasteiger partial charge in [-0.1, -0.05) is 5.92 Å². The molecule has 0 heterocycles. The summed E-state index contributed by atoms with van der Waals surface area (Å²) in [5, 5.41) is 0. The summed E-state index contributed by atoms with van der Waals surface area (Å²) < 4.78 is 22.5. The Balaban J connectivity index is 2.85. The number of terminal acetylenes is 1. The van der Waals surface area contributed by atoms with Crippen LogP contribution in [0.2, 0.25) is 0 Å². The fourth-order valence-electron chi connectivity index (χ4n) is 0.826. The van der Waals surface area contributed by atoms with Crippen LogP contribution in [-0.4, -0.2) is 13.9 Å². The third kappa shape index (κ3) is 2.46. The van der Waals surface area contributed by atoms with E-state index in [1.54, 1.807) is 0 Å². The van der Waals surface area contributed by atoms with Crippen molar-refractivity contribution < 1.29 is 13.9 Å². The highest BCUT2D eigenvalue weighted by molar-refractivity contribution is 5.39. The van der Waals surface area contributed by atoms with Crippen LogP contribution < -0.4 is 4.74 Å². The van der Waals surface area contributed by atoms with E-state index in [1.165, 1.54) is 25.3 Å². The van der Waals surface area contributed by atoms with Crippen molar-refractivity contribution in [2.75, 3.05) is 13.9 Å². The lowest BCUT2D eigenvalue weighted by molar-refractivity contribution is 0.0483. The Bertz CT molecular complexity index is 328. The zero-order chi connectivity index (χ0) is 9.68. The summed E-state index contributed by atoms with van der Waals surface area (Å²) in [4.78, 5) is 0. The first-order valence-corrected chi connectivity index (χ1v) is 3.66. The Kier molecular flexibility index (Phi) is 3.30. The van der Waals surface area contributed by atoms with Gasteiger partial charge in [-0.3, -0.25) is 0 Å². The quantitative estimate of drug-likeness (QED) is 0.521. The standard InChI is InChI=1S/C10H9FO2/c1-3-8-4-5-9(11)10(6-8)13-7-12-2/h1,4-6H,7H2,2H3. The van der Waals surface area contributed by atoms with Crippen molar-refractivity contribution in [2.45, 2.75) is 0 Å². The fourth-order valence-corrected chi connectivity index (χ4v) is 0.826. The van der Waals surface area contributed by atoms with Crippen LogP contribution >= 0.6 is 0 Å². The number of ether oxygens (including phenoxy) is 2. The fraction of sp³-hybridized carbons (Fsp3) is 0.200. The molecule has 1 aromatic carbocycles. The lowest BCUT2D eigenvalue weighted by atomic mass is 10.2. The number of halogens is 1. The van der Waals surface area contributed by atoms with Crippen molar-refractivity contribution in [2.24, 2.45) is 0 Å². The average Bonchev–Trinajstić information content (AvgIpc) is 2.17. The minimum absolute atomic E-state index is 0.00491. The smallest absolute Gasteiger partial charge is 0.188 e. The molecule has 0 bridgehead atoms. The molecule has 0 amide bonds. The van der Waals surface area contributed by atoms with E-state index in [9.17, 15) is 4.39 Å². The average molecular weight is 180 g/mol. The summed E-state index contributed by atoms with van der Waals surface area (Å²) in [5.74, 6) is 2.04. The molecule has 13 heavy (non-hydrogen) atoms. The molecule has 0 aliphatic carbocycles. The molecule has 2 nitrogen and oxygen atoms in total. The van der Waals surface area contributed by atoms with E-state index in [0.29, 0.717) is 5.56 Å². The maximum atomic E-state index is 13.0. The molecule has 0 unspecified atom stereocenters. The van der Waals surface area contributed by atoms with E-state index in [4.69, 9.17) is 11.2 Å². The van der Waals surface area contributed by atoms with Crippen LogP contribution in [0.4, 0.5) is 4.39 Å². The third-order valence-electron chi connectivity index (χ3n) is 1.43. The van der Waals surface area contributed by atoms with Crippen molar-refractivity contribution >= 4 is 0 Å². The van der Waals surface area contributed by atoms with Crippen molar-refractivity contribution in [3.8, 4) is 18.1 Å². The van der Waals surface area contributed by atoms with E-state index in [0.717, 1.165) is 0 Å². The van der Waals surface area contributed by atoms with Gasteiger partial charge in [0.15, 0.2) is 18.4 Å². The van der Waals surface area contributed by atoms with Crippen molar-refractivity contribution in [1.82, 2.24) is 0 Å². The van der Waals surface area contributed by atoms with Crippen LogP contribution in [0.15, 0.2) is 18.2 Å². The van der Waals surface area contributed by atoms with E-state index >= 15 is 0 Å². The van der Waals surface area contributed by atoms with Gasteiger partial charge in [-0.05, 0) is 18.2 Å². The molecule has 0 fully saturated rings. The van der Waals surface area contributed by atoms with Crippen LogP contribution in [0, 0.1) is 18.2 Å². The van der Waals surface area contributed by atoms with Gasteiger partial charge in [-0.25, -0.2) is 4.39 Å². The second-order valence-corrected chi connectivity index (χ2v) is 2.34. The maximum absolute atomic E-state index is 13.0. The van der Waals surface area contributed by atoms with Gasteiger partial charge in [0, 0.05) is 12.7 Å². The first-order chi connectivity index (χ1) is 6.27. The summed E-state index contributed by atoms with van der Waals surface area (Å²) in [6.45, 7) is 0.00491. The molecule has 0 aliphatic rings. The molecule has 0 atom stereocenters. The van der Waals surface area contributed by atoms with Gasteiger partial charge in [0.05, 0.1) is 0 Å². The Labute approximate surface area is 76.3 Å². The zero-order valence-electron chi connectivity index (χ0n) is 7.21. The van der Waals surface area contributed by atoms with Crippen molar-refractivity contribution in [1.29, 1.82) is 0 Å². The van der Waals surface area contributed by atoms with E-state index < -0.39 is 5.82 Å². The maximum Gasteiger partial charge on any atom is 0.188 e. The van der Waals surface area contributed by atoms with Crippen LogP contribution in [0.5, 0.6) is 5.75 Å². The Morgan fingerprint density at radius 1 is 1.54 bits per heavy atom. The molecule has 0 aliphatic heterocycles. The summed E-state index contributed by atoms with van der Waals surface area (Å²) in [5.41, 5.74) is 0.576. The predicted octanol–water partition coefficient (Wildman–Crippen LogP) is 1.79. The molecular weight excluding hydrogens is 171 g/mol. The van der Waals surface area contributed by atoms with Gasteiger partial charge in [-0.15, -0.1) is 6.42 Å². The number of methoxy groups -OCH3 is 1. The minimum atomic E-state index is -0.448. The first kappa shape index (κ1) is 9.56. The molecule has 1 rings (SSSR count). The van der Waals surface area contributed by atoms with Gasteiger partial charge >= 0.3 is 0 Å². The highest BCUT2D eigenvalue weighted by Gasteiger charge is 2.02. The number of rotatable bonds is 3. The van der Waals surface area contributed by atoms with Gasteiger partial charge in [0.25, 0.3) is 0 Å². The minimum Gasteiger partial charge on any atom is -0.464 e. The number of hydrogen-bond donors (Lipinski definition) is 0. The zero-order valence-corrected chi connectivity index (χ0v) is 7.21. The lowest BCUT2D eigenvalue weighted by Crippen LogP contribution is -2.00. The third-order valence-corrected chi connectivity index (χ3v) is 1.43. The molecule has 0 saturated heterocycles. The van der Waals surface area contributed by atoms with Gasteiger partial charge in [-0.2, -0.15) is 0 Å². The van der Waals surface area contributed by atoms with Gasteiger partial charge < -0.3 is 9.47 Å². The monoisotopic (exact) mass is 180 g/mol. The molecule has 0 N–H and O–H groups in total. The summed E-state index contributed by atoms with van der Waals surface area (Å²) in [6, 6.07) is 4.23. The van der Waals surface area contributed by atoms with Crippen LogP contribution in [0.3, 0.4) is 0 Å². The van der Waals surface area contributed by atoms with Gasteiger partial charge in [0.2, 0.25) is 0 Å². The first-order valence-electron chi connectivity index (χ1n) is 3.66. The van der Waals surface area contributed by atoms with Crippen molar-refractivity contribution in [3.63, 3.8) is 0 Å². The Hall–Kier alpha value is -1.53. The number of benzene rings is 1. The van der Waals surface area contributed by atoms with Crippen molar-refractivity contribution in [3.05, 3.63) is 29.6 Å². The summed E-state index contributed by atoms with van der Waals surface area (Å²) >= 11 is 0. The second-order valence-electron chi connectivity index (χ2n) is 2.34. The normalized spacial score (nSPS) is 9.31. The van der Waals surface area contributed by atoms with E-state index in [1.807, 2.05) is 0 Å². The molecule has 0 radical (unpaired) electrons. The molecule has 3 heteroatoms. The predicted molar refractivity (Wildman–Crippen MR) is 46.8 cm³/mol. The molecule has 0 spiro atoms. The SMILES string of the molecule is C#Cc1ccc(F)c(OCOC)c1. The Morgan fingerprint density at radius 3 is 2.92 bits per heavy atom. The highest BCUT2D eigenvalue weighted by atomic mass is 19.1. The molecule has 68 valence electrons. The number of hydrogen-bond acceptors (Lipinski definition) is 2. The van der Waals surface area contributed by atoms with Crippen LogP contribution in [0.1, 0.15) is 5.56 Å². The van der Waals surface area contributed by atoms with E-state index in [2.05, 4.69) is 10.7 Å². The van der Waals surface area contributed by atoms with Crippen LogP contribution in [0.25, 0.3) is 0 Å². The lowest BCUT2D eigenvalue weighted by Gasteiger charge is -2.05. The largest absolute Gasteiger partial charge is 0.464 e. The molecular formula is C10H9FO2. The molecule has 0 aromatic heterocycles. The summed E-state index contributed by atoms with van der Waals surface area (Å²) in [7, 11) is 1.46. The molecule has 0 saturated carbocycles. The highest BCUT2D eigenvalue weighted by Crippen LogP contribution is 2.18. The second kappa shape index (κ2) is 4.48.